The Hall–Kier alpha value is -1.23. The summed E-state index contributed by atoms with van der Waals surface area (Å²) in [4.78, 5) is 11.0. The summed E-state index contributed by atoms with van der Waals surface area (Å²) < 4.78 is 10.2. The van der Waals surface area contributed by atoms with E-state index in [1.807, 2.05) is 30.3 Å². The lowest BCUT2D eigenvalue weighted by atomic mass is 10.1. The molecular weight excluding hydrogens is 218 g/mol. The molecule has 1 N–H and O–H groups in total. The maximum atomic E-state index is 11.0. The maximum Gasteiger partial charge on any atom is 0.137 e. The van der Waals surface area contributed by atoms with E-state index in [1.54, 1.807) is 14.2 Å². The van der Waals surface area contributed by atoms with Gasteiger partial charge in [0.1, 0.15) is 12.5 Å². The van der Waals surface area contributed by atoms with Crippen molar-refractivity contribution in [1.29, 1.82) is 0 Å². The summed E-state index contributed by atoms with van der Waals surface area (Å²) >= 11 is 0. The van der Waals surface area contributed by atoms with Gasteiger partial charge in [0.25, 0.3) is 0 Å². The molecule has 94 valence electrons. The van der Waals surface area contributed by atoms with Crippen molar-refractivity contribution in [2.75, 3.05) is 20.8 Å². The van der Waals surface area contributed by atoms with Gasteiger partial charge in [0.15, 0.2) is 0 Å². The van der Waals surface area contributed by atoms with E-state index < -0.39 is 0 Å². The fourth-order valence-corrected chi connectivity index (χ4v) is 1.59. The second kappa shape index (κ2) is 7.95. The second-order valence-electron chi connectivity index (χ2n) is 3.78. The Labute approximate surface area is 102 Å². The van der Waals surface area contributed by atoms with E-state index in [1.165, 1.54) is 0 Å². The number of methoxy groups -OCH3 is 2. The normalized spacial score (nSPS) is 14.2. The summed E-state index contributed by atoms with van der Waals surface area (Å²) in [6, 6.07) is 9.60. The van der Waals surface area contributed by atoms with Gasteiger partial charge in [0.05, 0.1) is 12.6 Å². The fraction of sp³-hybridized carbons (Fsp3) is 0.462. The molecule has 4 nitrogen and oxygen atoms in total. The van der Waals surface area contributed by atoms with Crippen LogP contribution in [0.25, 0.3) is 0 Å². The van der Waals surface area contributed by atoms with Gasteiger partial charge >= 0.3 is 0 Å². The molecule has 0 spiro atoms. The Morgan fingerprint density at radius 2 is 2.00 bits per heavy atom. The summed E-state index contributed by atoms with van der Waals surface area (Å²) in [6.07, 6.45) is 1.28. The highest BCUT2D eigenvalue weighted by molar-refractivity contribution is 5.58. The van der Waals surface area contributed by atoms with Crippen molar-refractivity contribution in [3.05, 3.63) is 35.9 Å². The molecule has 0 radical (unpaired) electrons. The van der Waals surface area contributed by atoms with Crippen LogP contribution in [-0.4, -0.2) is 39.4 Å². The molecular formula is C13H19NO3. The van der Waals surface area contributed by atoms with E-state index in [0.717, 1.165) is 11.8 Å². The molecule has 0 aliphatic carbocycles. The van der Waals surface area contributed by atoms with Crippen LogP contribution in [0.2, 0.25) is 0 Å². The van der Waals surface area contributed by atoms with Crippen molar-refractivity contribution in [1.82, 2.24) is 5.32 Å². The molecule has 1 rings (SSSR count). The third kappa shape index (κ3) is 5.08. The molecule has 4 heteroatoms. The van der Waals surface area contributed by atoms with Crippen LogP contribution >= 0.6 is 0 Å². The second-order valence-corrected chi connectivity index (χ2v) is 3.78. The molecule has 1 aromatic rings. The quantitative estimate of drug-likeness (QED) is 0.541. The van der Waals surface area contributed by atoms with E-state index in [-0.39, 0.29) is 12.3 Å². The molecule has 1 aromatic carbocycles. The molecule has 0 aliphatic heterocycles. The highest BCUT2D eigenvalue weighted by Crippen LogP contribution is 2.03. The first-order valence-electron chi connectivity index (χ1n) is 5.57. The third-order valence-electron chi connectivity index (χ3n) is 2.47. The van der Waals surface area contributed by atoms with Crippen molar-refractivity contribution in [3.63, 3.8) is 0 Å². The Balaban J connectivity index is 2.51. The number of nitrogens with one attached hydrogen (secondary N) is 1. The average Bonchev–Trinajstić information content (AvgIpc) is 2.38. The van der Waals surface area contributed by atoms with E-state index in [2.05, 4.69) is 5.32 Å². The lowest BCUT2D eigenvalue weighted by Crippen LogP contribution is -2.44. The molecule has 0 fully saturated rings. The number of carbonyl (C=O) groups excluding carboxylic acids is 1. The monoisotopic (exact) mass is 237 g/mol. The highest BCUT2D eigenvalue weighted by Gasteiger charge is 2.14. The van der Waals surface area contributed by atoms with Gasteiger partial charge in [-0.05, 0) is 12.0 Å². The Morgan fingerprint density at radius 3 is 2.53 bits per heavy atom. The van der Waals surface area contributed by atoms with Gasteiger partial charge in [-0.2, -0.15) is 0 Å². The standard InChI is InChI=1S/C13H19NO3/c1-16-10-13(17-2)14-12(9-15)8-11-6-4-3-5-7-11/h3-7,9,12-14H,8,10H2,1-2H3/t12-,13?/m0/s1. The molecule has 0 bridgehead atoms. The van der Waals surface area contributed by atoms with E-state index in [4.69, 9.17) is 9.47 Å². The first kappa shape index (κ1) is 13.8. The maximum absolute atomic E-state index is 11.0. The van der Waals surface area contributed by atoms with E-state index >= 15 is 0 Å². The van der Waals surface area contributed by atoms with Gasteiger partial charge in [-0.25, -0.2) is 0 Å². The molecule has 0 heterocycles. The number of aldehydes is 1. The predicted molar refractivity (Wildman–Crippen MR) is 65.8 cm³/mol. The van der Waals surface area contributed by atoms with Crippen molar-refractivity contribution in [2.24, 2.45) is 0 Å². The minimum absolute atomic E-state index is 0.265. The first-order valence-corrected chi connectivity index (χ1v) is 5.57. The summed E-state index contributed by atoms with van der Waals surface area (Å²) in [5, 5.41) is 3.09. The predicted octanol–water partition coefficient (Wildman–Crippen LogP) is 1.01. The molecule has 0 aliphatic rings. The molecule has 17 heavy (non-hydrogen) atoms. The summed E-state index contributed by atoms with van der Waals surface area (Å²) in [5.74, 6) is 0. The largest absolute Gasteiger partial charge is 0.381 e. The van der Waals surface area contributed by atoms with Crippen LogP contribution in [-0.2, 0) is 20.7 Å². The summed E-state index contributed by atoms with van der Waals surface area (Å²) in [5.41, 5.74) is 1.12. The van der Waals surface area contributed by atoms with Crippen LogP contribution < -0.4 is 5.32 Å². The molecule has 0 saturated carbocycles. The van der Waals surface area contributed by atoms with Gasteiger partial charge in [0.2, 0.25) is 0 Å². The lowest BCUT2D eigenvalue weighted by Gasteiger charge is -2.20. The number of benzene rings is 1. The SMILES string of the molecule is COCC(N[C@H](C=O)Cc1ccccc1)OC. The van der Waals surface area contributed by atoms with Gasteiger partial charge in [-0.1, -0.05) is 30.3 Å². The van der Waals surface area contributed by atoms with Crippen molar-refractivity contribution in [3.8, 4) is 0 Å². The lowest BCUT2D eigenvalue weighted by molar-refractivity contribution is -0.111. The van der Waals surface area contributed by atoms with Crippen LogP contribution in [0.4, 0.5) is 0 Å². The average molecular weight is 237 g/mol. The number of hydrogen-bond donors (Lipinski definition) is 1. The zero-order chi connectivity index (χ0) is 12.5. The molecule has 1 unspecified atom stereocenters. The molecule has 0 saturated heterocycles. The topological polar surface area (TPSA) is 47.6 Å². The van der Waals surface area contributed by atoms with Crippen LogP contribution in [0.15, 0.2) is 30.3 Å². The van der Waals surface area contributed by atoms with Crippen LogP contribution in [0.5, 0.6) is 0 Å². The Bertz CT molecular complexity index is 316. The van der Waals surface area contributed by atoms with Crippen LogP contribution in [0.1, 0.15) is 5.56 Å². The highest BCUT2D eigenvalue weighted by atomic mass is 16.5. The summed E-state index contributed by atoms with van der Waals surface area (Å²) in [6.45, 7) is 0.412. The summed E-state index contributed by atoms with van der Waals surface area (Å²) in [7, 11) is 3.18. The molecule has 0 aromatic heterocycles. The van der Waals surface area contributed by atoms with Gasteiger partial charge in [-0.15, -0.1) is 0 Å². The van der Waals surface area contributed by atoms with Crippen LogP contribution in [0.3, 0.4) is 0 Å². The zero-order valence-electron chi connectivity index (χ0n) is 10.3. The Kier molecular flexibility index (Phi) is 6.47. The molecule has 2 atom stereocenters. The number of rotatable bonds is 8. The minimum Gasteiger partial charge on any atom is -0.381 e. The van der Waals surface area contributed by atoms with E-state index in [9.17, 15) is 4.79 Å². The van der Waals surface area contributed by atoms with Crippen molar-refractivity contribution in [2.45, 2.75) is 18.7 Å². The smallest absolute Gasteiger partial charge is 0.137 e. The fourth-order valence-electron chi connectivity index (χ4n) is 1.59. The molecule has 0 amide bonds. The Morgan fingerprint density at radius 1 is 1.29 bits per heavy atom. The third-order valence-corrected chi connectivity index (χ3v) is 2.47. The van der Waals surface area contributed by atoms with Crippen LogP contribution in [0, 0.1) is 0 Å². The van der Waals surface area contributed by atoms with E-state index in [0.29, 0.717) is 13.0 Å². The van der Waals surface area contributed by atoms with Gasteiger partial charge in [-0.3, -0.25) is 5.32 Å². The zero-order valence-corrected chi connectivity index (χ0v) is 10.3. The van der Waals surface area contributed by atoms with Gasteiger partial charge < -0.3 is 14.3 Å². The first-order chi connectivity index (χ1) is 8.30. The number of carbonyl (C=O) groups is 1. The number of ether oxygens (including phenoxy) is 2. The van der Waals surface area contributed by atoms with Crippen molar-refractivity contribution < 1.29 is 14.3 Å². The number of hydrogen-bond acceptors (Lipinski definition) is 4. The minimum atomic E-state index is -0.266. The van der Waals surface area contributed by atoms with Crippen molar-refractivity contribution >= 4 is 6.29 Å². The van der Waals surface area contributed by atoms with Gasteiger partial charge in [0, 0.05) is 14.2 Å².